The summed E-state index contributed by atoms with van der Waals surface area (Å²) in [5.41, 5.74) is 2.07. The van der Waals surface area contributed by atoms with Gasteiger partial charge in [-0.25, -0.2) is 0 Å². The zero-order valence-corrected chi connectivity index (χ0v) is 11.7. The van der Waals surface area contributed by atoms with Crippen molar-refractivity contribution in [3.63, 3.8) is 0 Å². The summed E-state index contributed by atoms with van der Waals surface area (Å²) in [6, 6.07) is 7.79. The van der Waals surface area contributed by atoms with E-state index in [1.165, 1.54) is 0 Å². The average molecular weight is 249 g/mol. The Balaban J connectivity index is 2.61. The molecule has 1 rings (SSSR count). The normalized spacial score (nSPS) is 11.8. The van der Waals surface area contributed by atoms with Crippen LogP contribution in [0.2, 0.25) is 0 Å². The van der Waals surface area contributed by atoms with Gasteiger partial charge in [-0.2, -0.15) is 0 Å². The van der Waals surface area contributed by atoms with Gasteiger partial charge in [0.25, 0.3) is 0 Å². The Morgan fingerprint density at radius 3 is 2.72 bits per heavy atom. The molecule has 0 aliphatic heterocycles. The van der Waals surface area contributed by atoms with Gasteiger partial charge in [0.15, 0.2) is 0 Å². The lowest BCUT2D eigenvalue weighted by molar-refractivity contribution is -0.121. The van der Waals surface area contributed by atoms with Crippen molar-refractivity contribution < 1.29 is 4.79 Å². The van der Waals surface area contributed by atoms with Crippen molar-refractivity contribution >= 4 is 17.3 Å². The van der Waals surface area contributed by atoms with Crippen molar-refractivity contribution in [2.45, 2.75) is 26.3 Å². The van der Waals surface area contributed by atoms with Gasteiger partial charge in [0.1, 0.15) is 6.04 Å². The van der Waals surface area contributed by atoms with E-state index in [2.05, 4.69) is 10.6 Å². The fourth-order valence-corrected chi connectivity index (χ4v) is 1.59. The van der Waals surface area contributed by atoms with E-state index in [9.17, 15) is 4.79 Å². The molecule has 1 aromatic carbocycles. The molecular weight excluding hydrogens is 226 g/mol. The number of benzene rings is 1. The summed E-state index contributed by atoms with van der Waals surface area (Å²) in [4.78, 5) is 13.8. The smallest absolute Gasteiger partial charge is 0.242 e. The van der Waals surface area contributed by atoms with Gasteiger partial charge in [0, 0.05) is 32.0 Å². The zero-order valence-electron chi connectivity index (χ0n) is 11.7. The van der Waals surface area contributed by atoms with Crippen LogP contribution in [0.25, 0.3) is 0 Å². The van der Waals surface area contributed by atoms with Crippen LogP contribution in [0.4, 0.5) is 11.4 Å². The highest BCUT2D eigenvalue weighted by atomic mass is 16.2. The number of nitrogens with one attached hydrogen (secondary N) is 2. The van der Waals surface area contributed by atoms with Crippen molar-refractivity contribution in [3.8, 4) is 0 Å². The Kier molecular flexibility index (Phi) is 5.49. The van der Waals surface area contributed by atoms with E-state index < -0.39 is 0 Å². The largest absolute Gasteiger partial charge is 0.378 e. The highest BCUT2D eigenvalue weighted by Crippen LogP contribution is 2.17. The molecule has 0 aromatic heterocycles. The molecule has 18 heavy (non-hydrogen) atoms. The summed E-state index contributed by atoms with van der Waals surface area (Å²) in [5.74, 6) is 0.0344. The Bertz CT molecular complexity index is 390. The van der Waals surface area contributed by atoms with Crippen molar-refractivity contribution in [1.29, 1.82) is 0 Å². The molecule has 1 atom stereocenters. The maximum Gasteiger partial charge on any atom is 0.242 e. The highest BCUT2D eigenvalue weighted by Gasteiger charge is 2.11. The Hall–Kier alpha value is -1.71. The van der Waals surface area contributed by atoms with Crippen LogP contribution in [0.15, 0.2) is 24.3 Å². The Morgan fingerprint density at radius 1 is 1.39 bits per heavy atom. The van der Waals surface area contributed by atoms with Gasteiger partial charge < -0.3 is 15.5 Å². The molecule has 0 heterocycles. The minimum Gasteiger partial charge on any atom is -0.378 e. The predicted octanol–water partition coefficient (Wildman–Crippen LogP) is 2.08. The lowest BCUT2D eigenvalue weighted by Gasteiger charge is -2.17. The van der Waals surface area contributed by atoms with Gasteiger partial charge >= 0.3 is 0 Å². The number of rotatable bonds is 6. The molecule has 1 unspecified atom stereocenters. The molecule has 1 amide bonds. The third-order valence-corrected chi connectivity index (χ3v) is 2.69. The molecule has 1 aromatic rings. The first-order valence-electron chi connectivity index (χ1n) is 6.36. The van der Waals surface area contributed by atoms with E-state index in [0.717, 1.165) is 24.3 Å². The second-order valence-electron chi connectivity index (χ2n) is 4.60. The second-order valence-corrected chi connectivity index (χ2v) is 4.60. The molecule has 100 valence electrons. The fraction of sp³-hybridized carbons (Fsp3) is 0.500. The van der Waals surface area contributed by atoms with E-state index in [1.54, 1.807) is 0 Å². The zero-order chi connectivity index (χ0) is 13.5. The number of amides is 1. The van der Waals surface area contributed by atoms with Gasteiger partial charge in [0.05, 0.1) is 0 Å². The number of carbonyl (C=O) groups is 1. The molecule has 0 saturated heterocycles. The van der Waals surface area contributed by atoms with Gasteiger partial charge in [-0.1, -0.05) is 13.0 Å². The van der Waals surface area contributed by atoms with Gasteiger partial charge in [-0.15, -0.1) is 0 Å². The number of hydrogen-bond acceptors (Lipinski definition) is 3. The summed E-state index contributed by atoms with van der Waals surface area (Å²) in [7, 11) is 3.99. The fourth-order valence-electron chi connectivity index (χ4n) is 1.59. The minimum atomic E-state index is -0.228. The standard InChI is InChI=1S/C14H23N3O/c1-5-9-15-14(18)11(2)16-12-7-6-8-13(10-12)17(3)4/h6-8,10-11,16H,5,9H2,1-4H3,(H,15,18). The maximum absolute atomic E-state index is 11.7. The van der Waals surface area contributed by atoms with Crippen molar-refractivity contribution in [2.24, 2.45) is 0 Å². The van der Waals surface area contributed by atoms with Crippen molar-refractivity contribution in [2.75, 3.05) is 30.9 Å². The minimum absolute atomic E-state index is 0.0344. The van der Waals surface area contributed by atoms with Crippen LogP contribution in [-0.2, 0) is 4.79 Å². The molecule has 0 spiro atoms. The van der Waals surface area contributed by atoms with E-state index in [-0.39, 0.29) is 11.9 Å². The molecule has 4 heteroatoms. The number of hydrogen-bond donors (Lipinski definition) is 2. The first-order valence-corrected chi connectivity index (χ1v) is 6.36. The third kappa shape index (κ3) is 4.28. The first-order chi connectivity index (χ1) is 8.54. The number of anilines is 2. The average Bonchev–Trinajstić information content (AvgIpc) is 2.36. The van der Waals surface area contributed by atoms with Gasteiger partial charge in [-0.3, -0.25) is 4.79 Å². The molecule has 0 aliphatic carbocycles. The third-order valence-electron chi connectivity index (χ3n) is 2.69. The number of nitrogens with zero attached hydrogens (tertiary/aromatic N) is 1. The topological polar surface area (TPSA) is 44.4 Å². The SMILES string of the molecule is CCCNC(=O)C(C)Nc1cccc(N(C)C)c1. The monoisotopic (exact) mass is 249 g/mol. The summed E-state index contributed by atoms with van der Waals surface area (Å²) < 4.78 is 0. The summed E-state index contributed by atoms with van der Waals surface area (Å²) >= 11 is 0. The van der Waals surface area contributed by atoms with Crippen LogP contribution >= 0.6 is 0 Å². The van der Waals surface area contributed by atoms with E-state index in [0.29, 0.717) is 0 Å². The van der Waals surface area contributed by atoms with Gasteiger partial charge in [-0.05, 0) is 31.5 Å². The highest BCUT2D eigenvalue weighted by molar-refractivity contribution is 5.84. The van der Waals surface area contributed by atoms with Gasteiger partial charge in [0.2, 0.25) is 5.91 Å². The Labute approximate surface area is 109 Å². The molecule has 0 aliphatic rings. The molecule has 0 radical (unpaired) electrons. The summed E-state index contributed by atoms with van der Waals surface area (Å²) in [5, 5.41) is 6.08. The van der Waals surface area contributed by atoms with Crippen LogP contribution in [-0.4, -0.2) is 32.6 Å². The van der Waals surface area contributed by atoms with Crippen LogP contribution < -0.4 is 15.5 Å². The van der Waals surface area contributed by atoms with Crippen LogP contribution in [0.5, 0.6) is 0 Å². The molecule has 0 fully saturated rings. The molecule has 2 N–H and O–H groups in total. The lowest BCUT2D eigenvalue weighted by Crippen LogP contribution is -2.37. The molecule has 4 nitrogen and oxygen atoms in total. The molecular formula is C14H23N3O. The molecule has 0 bridgehead atoms. The van der Waals surface area contributed by atoms with E-state index in [1.807, 2.05) is 57.1 Å². The molecule has 0 saturated carbocycles. The summed E-state index contributed by atoms with van der Waals surface area (Å²) in [6.07, 6.45) is 0.953. The summed E-state index contributed by atoms with van der Waals surface area (Å²) in [6.45, 7) is 4.63. The van der Waals surface area contributed by atoms with E-state index in [4.69, 9.17) is 0 Å². The first kappa shape index (κ1) is 14.4. The predicted molar refractivity (Wildman–Crippen MR) is 77.2 cm³/mol. The number of carbonyl (C=O) groups excluding carboxylic acids is 1. The lowest BCUT2D eigenvalue weighted by atomic mass is 10.2. The second kappa shape index (κ2) is 6.89. The van der Waals surface area contributed by atoms with E-state index >= 15 is 0 Å². The van der Waals surface area contributed by atoms with Crippen LogP contribution in [0.1, 0.15) is 20.3 Å². The van der Waals surface area contributed by atoms with Crippen LogP contribution in [0.3, 0.4) is 0 Å². The Morgan fingerprint density at radius 2 is 2.11 bits per heavy atom. The van der Waals surface area contributed by atoms with Crippen molar-refractivity contribution in [3.05, 3.63) is 24.3 Å². The van der Waals surface area contributed by atoms with Crippen molar-refractivity contribution in [1.82, 2.24) is 5.32 Å². The quantitative estimate of drug-likeness (QED) is 0.811. The maximum atomic E-state index is 11.7. The van der Waals surface area contributed by atoms with Crippen LogP contribution in [0, 0.1) is 0 Å².